The predicted molar refractivity (Wildman–Crippen MR) is 78.2 cm³/mol. The number of hydrogen-bond donors (Lipinski definition) is 3. The molecule has 1 aromatic rings. The largest absolute Gasteiger partial charge is 0.503 e. The molecule has 1 heterocycles. The van der Waals surface area contributed by atoms with Crippen LogP contribution in [-0.4, -0.2) is 36.5 Å². The van der Waals surface area contributed by atoms with Crippen LogP contribution >= 0.6 is 15.9 Å². The van der Waals surface area contributed by atoms with Crippen LogP contribution in [0.2, 0.25) is 0 Å². The standard InChI is InChI=1S/C12H11BrN4O4/c1-21-9-3-6(2-8(13)10(9)18)4-14-16-11(19)7-5-15-17-12(7)20/h2-5,7,18H,1H3,(H,16,19)(H,17,20)/b14-4+/t7-/m0/s1. The van der Waals surface area contributed by atoms with Crippen molar-refractivity contribution < 1.29 is 19.4 Å². The highest BCUT2D eigenvalue weighted by molar-refractivity contribution is 9.10. The Bertz CT molecular complexity index is 644. The summed E-state index contributed by atoms with van der Waals surface area (Å²) in [5.41, 5.74) is 4.97. The second-order valence-corrected chi connectivity index (χ2v) is 4.87. The van der Waals surface area contributed by atoms with Crippen LogP contribution in [0.5, 0.6) is 11.5 Å². The van der Waals surface area contributed by atoms with Gasteiger partial charge in [-0.25, -0.2) is 10.9 Å². The van der Waals surface area contributed by atoms with E-state index in [9.17, 15) is 14.7 Å². The number of hydrogen-bond acceptors (Lipinski definition) is 6. The van der Waals surface area contributed by atoms with Crippen molar-refractivity contribution in [2.24, 2.45) is 16.1 Å². The molecule has 0 bridgehead atoms. The minimum Gasteiger partial charge on any atom is -0.503 e. The van der Waals surface area contributed by atoms with Crippen molar-refractivity contribution in [3.8, 4) is 11.5 Å². The van der Waals surface area contributed by atoms with Crippen molar-refractivity contribution in [3.05, 3.63) is 22.2 Å². The summed E-state index contributed by atoms with van der Waals surface area (Å²) in [5, 5.41) is 16.9. The number of rotatable bonds is 4. The maximum absolute atomic E-state index is 11.6. The lowest BCUT2D eigenvalue weighted by molar-refractivity contribution is -0.131. The molecule has 9 heteroatoms. The minimum absolute atomic E-state index is 0.0301. The number of aromatic hydroxyl groups is 1. The number of nitrogens with zero attached hydrogens (tertiary/aromatic N) is 2. The summed E-state index contributed by atoms with van der Waals surface area (Å²) in [4.78, 5) is 22.9. The number of phenols is 1. The fraction of sp³-hybridized carbons (Fsp3) is 0.167. The van der Waals surface area contributed by atoms with Gasteiger partial charge in [0.05, 0.1) is 17.8 Å². The van der Waals surface area contributed by atoms with Gasteiger partial charge in [0.25, 0.3) is 11.8 Å². The smallest absolute Gasteiger partial charge is 0.258 e. The average Bonchev–Trinajstić information content (AvgIpc) is 2.88. The maximum atomic E-state index is 11.6. The number of benzene rings is 1. The molecule has 1 atom stereocenters. The highest BCUT2D eigenvalue weighted by atomic mass is 79.9. The van der Waals surface area contributed by atoms with Crippen molar-refractivity contribution in [2.45, 2.75) is 0 Å². The summed E-state index contributed by atoms with van der Waals surface area (Å²) in [5.74, 6) is -1.84. The number of ether oxygens (including phenoxy) is 1. The fourth-order valence-electron chi connectivity index (χ4n) is 1.56. The molecule has 21 heavy (non-hydrogen) atoms. The summed E-state index contributed by atoms with van der Waals surface area (Å²) in [7, 11) is 1.42. The number of methoxy groups -OCH3 is 1. The Hall–Kier alpha value is -2.42. The zero-order valence-electron chi connectivity index (χ0n) is 10.8. The fourth-order valence-corrected chi connectivity index (χ4v) is 2.02. The molecule has 0 spiro atoms. The number of phenolic OH excluding ortho intramolecular Hbond substituents is 1. The maximum Gasteiger partial charge on any atom is 0.258 e. The van der Waals surface area contributed by atoms with Gasteiger partial charge in [0, 0.05) is 6.21 Å². The van der Waals surface area contributed by atoms with Gasteiger partial charge < -0.3 is 9.84 Å². The highest BCUT2D eigenvalue weighted by Crippen LogP contribution is 2.34. The van der Waals surface area contributed by atoms with E-state index in [0.29, 0.717) is 10.0 Å². The van der Waals surface area contributed by atoms with Gasteiger partial charge in [-0.3, -0.25) is 9.59 Å². The number of amides is 2. The van der Waals surface area contributed by atoms with E-state index < -0.39 is 17.7 Å². The molecule has 0 saturated carbocycles. The molecular weight excluding hydrogens is 344 g/mol. The first-order chi connectivity index (χ1) is 10.0. The SMILES string of the molecule is COc1cc(/C=N/NC(=O)[C@@H]2C=NNC2=O)cc(Br)c1O. The zero-order valence-corrected chi connectivity index (χ0v) is 12.4. The van der Waals surface area contributed by atoms with Gasteiger partial charge in [0.15, 0.2) is 17.4 Å². The van der Waals surface area contributed by atoms with Gasteiger partial charge in [-0.2, -0.15) is 10.2 Å². The molecule has 2 amide bonds. The summed E-state index contributed by atoms with van der Waals surface area (Å²) in [6.45, 7) is 0. The van der Waals surface area contributed by atoms with Crippen molar-refractivity contribution in [3.63, 3.8) is 0 Å². The van der Waals surface area contributed by atoms with Gasteiger partial charge in [0.1, 0.15) is 0 Å². The van der Waals surface area contributed by atoms with Gasteiger partial charge in [-0.1, -0.05) is 0 Å². The third kappa shape index (κ3) is 3.37. The van der Waals surface area contributed by atoms with E-state index in [-0.39, 0.29) is 11.5 Å². The van der Waals surface area contributed by atoms with Crippen molar-refractivity contribution in [2.75, 3.05) is 7.11 Å². The van der Waals surface area contributed by atoms with E-state index >= 15 is 0 Å². The molecule has 0 unspecified atom stereocenters. The third-order valence-electron chi connectivity index (χ3n) is 2.62. The second kappa shape index (κ2) is 6.35. The molecule has 1 aliphatic rings. The summed E-state index contributed by atoms with van der Waals surface area (Å²) in [6, 6.07) is 3.14. The Kier molecular flexibility index (Phi) is 4.53. The number of carbonyl (C=O) groups excluding carboxylic acids is 2. The number of hydrazone groups is 2. The first-order valence-electron chi connectivity index (χ1n) is 5.75. The molecule has 1 aliphatic heterocycles. The molecule has 0 aliphatic carbocycles. The average molecular weight is 355 g/mol. The lowest BCUT2D eigenvalue weighted by atomic mass is 10.1. The van der Waals surface area contributed by atoms with Crippen LogP contribution in [0.1, 0.15) is 5.56 Å². The normalized spacial score (nSPS) is 17.0. The second-order valence-electron chi connectivity index (χ2n) is 4.02. The van der Waals surface area contributed by atoms with E-state index in [0.717, 1.165) is 0 Å². The minimum atomic E-state index is -0.983. The van der Waals surface area contributed by atoms with Crippen LogP contribution < -0.4 is 15.6 Å². The zero-order chi connectivity index (χ0) is 15.4. The summed E-state index contributed by atoms with van der Waals surface area (Å²) in [6.07, 6.45) is 2.56. The van der Waals surface area contributed by atoms with Crippen molar-refractivity contribution in [1.29, 1.82) is 0 Å². The van der Waals surface area contributed by atoms with Crippen LogP contribution in [0, 0.1) is 5.92 Å². The Morgan fingerprint density at radius 3 is 3.00 bits per heavy atom. The molecule has 3 N–H and O–H groups in total. The third-order valence-corrected chi connectivity index (χ3v) is 3.23. The molecule has 110 valence electrons. The van der Waals surface area contributed by atoms with Crippen LogP contribution in [0.15, 0.2) is 26.8 Å². The number of nitrogens with one attached hydrogen (secondary N) is 2. The van der Waals surface area contributed by atoms with Crippen molar-refractivity contribution in [1.82, 2.24) is 10.9 Å². The Morgan fingerprint density at radius 1 is 1.62 bits per heavy atom. The van der Waals surface area contributed by atoms with Crippen LogP contribution in [-0.2, 0) is 9.59 Å². The molecule has 0 radical (unpaired) electrons. The molecule has 0 aromatic heterocycles. The van der Waals surface area contributed by atoms with E-state index in [1.807, 2.05) is 0 Å². The topological polar surface area (TPSA) is 112 Å². The first kappa shape index (κ1) is 15.0. The number of halogens is 1. The van der Waals surface area contributed by atoms with Gasteiger partial charge in [0.2, 0.25) is 0 Å². The van der Waals surface area contributed by atoms with E-state index in [1.165, 1.54) is 19.5 Å². The molecular formula is C12H11BrN4O4. The van der Waals surface area contributed by atoms with Crippen LogP contribution in [0.3, 0.4) is 0 Å². The van der Waals surface area contributed by atoms with Gasteiger partial charge in [-0.15, -0.1) is 0 Å². The van der Waals surface area contributed by atoms with Crippen LogP contribution in [0.25, 0.3) is 0 Å². The Morgan fingerprint density at radius 2 is 2.38 bits per heavy atom. The van der Waals surface area contributed by atoms with Crippen LogP contribution in [0.4, 0.5) is 0 Å². The lowest BCUT2D eigenvalue weighted by Crippen LogP contribution is -2.34. The van der Waals surface area contributed by atoms with E-state index in [4.69, 9.17) is 4.74 Å². The van der Waals surface area contributed by atoms with Gasteiger partial charge >= 0.3 is 0 Å². The Labute approximate surface area is 128 Å². The highest BCUT2D eigenvalue weighted by Gasteiger charge is 2.28. The van der Waals surface area contributed by atoms with Gasteiger partial charge in [-0.05, 0) is 33.6 Å². The molecule has 1 aromatic carbocycles. The Balaban J connectivity index is 2.05. The lowest BCUT2D eigenvalue weighted by Gasteiger charge is -2.06. The van der Waals surface area contributed by atoms with Crippen molar-refractivity contribution >= 4 is 40.2 Å². The summed E-state index contributed by atoms with van der Waals surface area (Å²) >= 11 is 3.17. The quantitative estimate of drug-likeness (QED) is 0.411. The molecule has 8 nitrogen and oxygen atoms in total. The van der Waals surface area contributed by atoms with E-state index in [1.54, 1.807) is 12.1 Å². The molecule has 2 rings (SSSR count). The van der Waals surface area contributed by atoms with E-state index in [2.05, 4.69) is 37.0 Å². The predicted octanol–water partition coefficient (Wildman–Crippen LogP) is 0.345. The molecule has 0 fully saturated rings. The summed E-state index contributed by atoms with van der Waals surface area (Å²) < 4.78 is 5.42. The first-order valence-corrected chi connectivity index (χ1v) is 6.54. The number of carbonyl (C=O) groups is 2. The molecule has 0 saturated heterocycles. The monoisotopic (exact) mass is 354 g/mol.